The van der Waals surface area contributed by atoms with E-state index in [0.717, 1.165) is 63.6 Å². The van der Waals surface area contributed by atoms with Crippen LogP contribution in [0.1, 0.15) is 33.1 Å². The molecular formula is C26H28N8. The summed E-state index contributed by atoms with van der Waals surface area (Å²) in [6.45, 7) is 6.38. The number of H-pyrrole nitrogens is 2. The van der Waals surface area contributed by atoms with E-state index in [1.54, 1.807) is 0 Å². The van der Waals surface area contributed by atoms with Crippen LogP contribution in [0.25, 0.3) is 44.8 Å². The van der Waals surface area contributed by atoms with Gasteiger partial charge in [0.2, 0.25) is 0 Å². The van der Waals surface area contributed by atoms with Gasteiger partial charge in [0.1, 0.15) is 11.0 Å². The summed E-state index contributed by atoms with van der Waals surface area (Å²) >= 11 is 0. The second kappa shape index (κ2) is 8.44. The molecule has 1 saturated heterocycles. The van der Waals surface area contributed by atoms with Gasteiger partial charge in [0, 0.05) is 37.1 Å². The Hall–Kier alpha value is -3.94. The second-order valence-electron chi connectivity index (χ2n) is 9.23. The molecule has 0 radical (unpaired) electrons. The Bertz CT molecular complexity index is 1460. The summed E-state index contributed by atoms with van der Waals surface area (Å²) in [6.07, 6.45) is 7.43. The van der Waals surface area contributed by atoms with E-state index in [1.807, 2.05) is 24.5 Å². The normalized spacial score (nSPS) is 14.4. The summed E-state index contributed by atoms with van der Waals surface area (Å²) in [5.74, 6) is 0.726. The molecule has 1 aliphatic heterocycles. The van der Waals surface area contributed by atoms with Gasteiger partial charge in [-0.3, -0.25) is 10.1 Å². The number of hydrogen-bond acceptors (Lipinski definition) is 6. The van der Waals surface area contributed by atoms with Crippen molar-refractivity contribution in [3.8, 4) is 22.8 Å². The summed E-state index contributed by atoms with van der Waals surface area (Å²) in [5.41, 5.74) is 8.36. The number of rotatable bonds is 5. The van der Waals surface area contributed by atoms with Gasteiger partial charge in [-0.1, -0.05) is 6.07 Å². The molecule has 0 saturated carbocycles. The number of fused-ring (bicyclic) bond motifs is 2. The minimum Gasteiger partial charge on any atom is -0.382 e. The van der Waals surface area contributed by atoms with Crippen LogP contribution in [0, 0.1) is 0 Å². The SMILES string of the molecule is CC(C)Nc1cncc(-c2ccc3[nH]nc(-c4nc5c(N6CCCCC6)cccc5[nH]4)c3n2)c1. The first-order chi connectivity index (χ1) is 16.7. The maximum Gasteiger partial charge on any atom is 0.161 e. The molecule has 0 bridgehead atoms. The number of benzene rings is 1. The Balaban J connectivity index is 1.41. The van der Waals surface area contributed by atoms with Crippen LogP contribution in [0.5, 0.6) is 0 Å². The highest BCUT2D eigenvalue weighted by atomic mass is 15.2. The topological polar surface area (TPSA) is 98.4 Å². The van der Waals surface area contributed by atoms with E-state index in [2.05, 4.69) is 68.5 Å². The molecule has 172 valence electrons. The van der Waals surface area contributed by atoms with Crippen LogP contribution in [-0.2, 0) is 0 Å². The smallest absolute Gasteiger partial charge is 0.161 e. The highest BCUT2D eigenvalue weighted by molar-refractivity contribution is 5.95. The highest BCUT2D eigenvalue weighted by Crippen LogP contribution is 2.32. The lowest BCUT2D eigenvalue weighted by Gasteiger charge is -2.28. The van der Waals surface area contributed by atoms with E-state index in [1.165, 1.54) is 24.9 Å². The number of anilines is 2. The number of hydrogen-bond donors (Lipinski definition) is 3. The zero-order valence-corrected chi connectivity index (χ0v) is 19.5. The molecule has 8 heteroatoms. The number of nitrogens with zero attached hydrogens (tertiary/aromatic N) is 5. The standard InChI is InChI=1S/C26H28N8/c1-16(2)28-18-13-17(14-27-15-18)19-9-10-21-24(29-19)25(33-32-21)26-30-20-7-6-8-22(23(20)31-26)34-11-4-3-5-12-34/h6-10,13-16,28H,3-5,11-12H2,1-2H3,(H,30,31)(H,32,33). The lowest BCUT2D eigenvalue weighted by Crippen LogP contribution is -2.29. The Morgan fingerprint density at radius 1 is 0.941 bits per heavy atom. The highest BCUT2D eigenvalue weighted by Gasteiger charge is 2.19. The number of piperidine rings is 1. The number of aromatic amines is 2. The third kappa shape index (κ3) is 3.75. The zero-order valence-electron chi connectivity index (χ0n) is 19.5. The van der Waals surface area contributed by atoms with Gasteiger partial charge in [-0.2, -0.15) is 5.10 Å². The molecular weight excluding hydrogens is 424 g/mol. The van der Waals surface area contributed by atoms with Gasteiger partial charge in [-0.05, 0) is 63.4 Å². The summed E-state index contributed by atoms with van der Waals surface area (Å²) < 4.78 is 0. The molecule has 3 N–H and O–H groups in total. The number of para-hydroxylation sites is 1. The van der Waals surface area contributed by atoms with Crippen molar-refractivity contribution in [3.63, 3.8) is 0 Å². The van der Waals surface area contributed by atoms with E-state index < -0.39 is 0 Å². The maximum absolute atomic E-state index is 4.99. The number of aromatic nitrogens is 6. The third-order valence-corrected chi connectivity index (χ3v) is 6.31. The molecule has 1 fully saturated rings. The Morgan fingerprint density at radius 3 is 2.68 bits per heavy atom. The van der Waals surface area contributed by atoms with E-state index in [-0.39, 0.29) is 0 Å². The van der Waals surface area contributed by atoms with Crippen LogP contribution in [-0.4, -0.2) is 49.3 Å². The predicted molar refractivity (Wildman–Crippen MR) is 137 cm³/mol. The van der Waals surface area contributed by atoms with Gasteiger partial charge in [0.25, 0.3) is 0 Å². The van der Waals surface area contributed by atoms with E-state index in [9.17, 15) is 0 Å². The van der Waals surface area contributed by atoms with Gasteiger partial charge < -0.3 is 15.2 Å². The van der Waals surface area contributed by atoms with Gasteiger partial charge in [0.05, 0.1) is 28.1 Å². The fourth-order valence-electron chi connectivity index (χ4n) is 4.74. The molecule has 0 unspecified atom stereocenters. The van der Waals surface area contributed by atoms with Crippen molar-refractivity contribution in [2.45, 2.75) is 39.2 Å². The van der Waals surface area contributed by atoms with Crippen molar-refractivity contribution < 1.29 is 0 Å². The summed E-state index contributed by atoms with van der Waals surface area (Å²) in [6, 6.07) is 12.8. The minimum absolute atomic E-state index is 0.330. The average molecular weight is 453 g/mol. The zero-order chi connectivity index (χ0) is 23.1. The summed E-state index contributed by atoms with van der Waals surface area (Å²) in [7, 11) is 0. The fourth-order valence-corrected chi connectivity index (χ4v) is 4.74. The molecule has 0 aliphatic carbocycles. The average Bonchev–Trinajstić information content (AvgIpc) is 3.48. The number of pyridine rings is 2. The van der Waals surface area contributed by atoms with Gasteiger partial charge in [-0.25, -0.2) is 9.97 Å². The van der Waals surface area contributed by atoms with Crippen LogP contribution >= 0.6 is 0 Å². The van der Waals surface area contributed by atoms with Crippen LogP contribution in [0.4, 0.5) is 11.4 Å². The Kier molecular flexibility index (Phi) is 5.13. The lowest BCUT2D eigenvalue weighted by molar-refractivity contribution is 0.579. The number of nitrogens with one attached hydrogen (secondary N) is 3. The monoisotopic (exact) mass is 452 g/mol. The van der Waals surface area contributed by atoms with E-state index in [0.29, 0.717) is 6.04 Å². The Labute approximate surface area is 197 Å². The second-order valence-corrected chi connectivity index (χ2v) is 9.23. The quantitative estimate of drug-likeness (QED) is 0.331. The first kappa shape index (κ1) is 20.7. The van der Waals surface area contributed by atoms with E-state index >= 15 is 0 Å². The summed E-state index contributed by atoms with van der Waals surface area (Å²) in [4.78, 5) is 20.3. The largest absolute Gasteiger partial charge is 0.382 e. The van der Waals surface area contributed by atoms with Crippen molar-refractivity contribution in [1.29, 1.82) is 0 Å². The molecule has 34 heavy (non-hydrogen) atoms. The van der Waals surface area contributed by atoms with Gasteiger partial charge >= 0.3 is 0 Å². The molecule has 8 nitrogen and oxygen atoms in total. The molecule has 5 aromatic rings. The van der Waals surface area contributed by atoms with Crippen LogP contribution in [0.3, 0.4) is 0 Å². The van der Waals surface area contributed by atoms with Crippen molar-refractivity contribution in [3.05, 3.63) is 48.8 Å². The fraction of sp³-hybridized carbons (Fsp3) is 0.308. The molecule has 4 aromatic heterocycles. The summed E-state index contributed by atoms with van der Waals surface area (Å²) in [5, 5.41) is 11.1. The van der Waals surface area contributed by atoms with Gasteiger partial charge in [0.15, 0.2) is 11.5 Å². The maximum atomic E-state index is 4.99. The van der Waals surface area contributed by atoms with Crippen molar-refractivity contribution in [1.82, 2.24) is 30.1 Å². The van der Waals surface area contributed by atoms with Crippen LogP contribution in [0.15, 0.2) is 48.8 Å². The Morgan fingerprint density at radius 2 is 1.82 bits per heavy atom. The number of imidazole rings is 1. The molecule has 1 aromatic carbocycles. The molecule has 0 atom stereocenters. The van der Waals surface area contributed by atoms with E-state index in [4.69, 9.17) is 9.97 Å². The predicted octanol–water partition coefficient (Wildman–Crippen LogP) is 5.37. The van der Waals surface area contributed by atoms with Gasteiger partial charge in [-0.15, -0.1) is 0 Å². The van der Waals surface area contributed by atoms with Crippen LogP contribution in [0.2, 0.25) is 0 Å². The minimum atomic E-state index is 0.330. The molecule has 5 heterocycles. The molecule has 0 spiro atoms. The van der Waals surface area contributed by atoms with Crippen LogP contribution < -0.4 is 10.2 Å². The first-order valence-electron chi connectivity index (χ1n) is 12.0. The molecule has 6 rings (SSSR count). The third-order valence-electron chi connectivity index (χ3n) is 6.31. The van der Waals surface area contributed by atoms with Crippen molar-refractivity contribution in [2.75, 3.05) is 23.3 Å². The van der Waals surface area contributed by atoms with Crippen molar-refractivity contribution in [2.24, 2.45) is 0 Å². The molecule has 0 amide bonds. The molecule has 1 aliphatic rings. The van der Waals surface area contributed by atoms with Crippen molar-refractivity contribution >= 4 is 33.4 Å². The lowest BCUT2D eigenvalue weighted by atomic mass is 10.1. The first-order valence-corrected chi connectivity index (χ1v) is 12.0.